The summed E-state index contributed by atoms with van der Waals surface area (Å²) in [6.07, 6.45) is 13.7. The molecule has 2 N–H and O–H groups in total. The van der Waals surface area contributed by atoms with Crippen LogP contribution in [0.3, 0.4) is 0 Å². The lowest BCUT2D eigenvalue weighted by Gasteiger charge is -2.35. The van der Waals surface area contributed by atoms with Crippen molar-refractivity contribution in [3.05, 3.63) is 101 Å². The molecule has 5 aliphatic rings. The molecule has 0 saturated carbocycles. The number of aryl methyl sites for hydroxylation is 2. The van der Waals surface area contributed by atoms with Gasteiger partial charge in [0.1, 0.15) is 48.0 Å². The van der Waals surface area contributed by atoms with Crippen LogP contribution in [0.2, 0.25) is 0 Å². The maximum absolute atomic E-state index is 16.8. The molecule has 0 bridgehead atoms. The minimum atomic E-state index is -0.554. The first-order valence-electron chi connectivity index (χ1n) is 30.3. The molecular formula is C65H81FN10O8S. The first-order chi connectivity index (χ1) is 41.2. The number of ether oxygens (including phenoxy) is 3. The van der Waals surface area contributed by atoms with Crippen LogP contribution in [0.25, 0.3) is 43.4 Å². The molecular weight excluding hydrogens is 1100 g/mol. The van der Waals surface area contributed by atoms with Gasteiger partial charge in [0.15, 0.2) is 11.6 Å². The fraction of sp³-hybridized carbons (Fsp3) is 0.508. The topological polar surface area (TPSA) is 202 Å². The van der Waals surface area contributed by atoms with Crippen molar-refractivity contribution in [2.75, 3.05) is 64.4 Å². The Bertz CT molecular complexity index is 3420. The Kier molecular flexibility index (Phi) is 19.6. The Morgan fingerprint density at radius 1 is 0.953 bits per heavy atom. The van der Waals surface area contributed by atoms with Crippen LogP contribution in [0.15, 0.2) is 76.9 Å². The molecule has 20 heteroatoms. The van der Waals surface area contributed by atoms with Gasteiger partial charge in [-0.15, -0.1) is 11.3 Å². The Morgan fingerprint density at radius 2 is 1.74 bits per heavy atom. The van der Waals surface area contributed by atoms with Gasteiger partial charge < -0.3 is 39.0 Å². The molecule has 1 unspecified atom stereocenters. The number of phenolic OH excluding ortho intramolecular Hbond substituents is 1. The number of aromatic nitrogens is 5. The second kappa shape index (κ2) is 27.4. The van der Waals surface area contributed by atoms with Crippen LogP contribution in [0.1, 0.15) is 133 Å². The van der Waals surface area contributed by atoms with Crippen LogP contribution in [0.5, 0.6) is 17.6 Å². The summed E-state index contributed by atoms with van der Waals surface area (Å²) in [5.41, 5.74) is 6.90. The number of benzene rings is 3. The minimum absolute atomic E-state index is 0.0455. The highest BCUT2D eigenvalue weighted by Gasteiger charge is 2.50. The Balaban J connectivity index is 0.000000166. The van der Waals surface area contributed by atoms with E-state index in [0.717, 1.165) is 144 Å². The van der Waals surface area contributed by atoms with E-state index in [4.69, 9.17) is 28.7 Å². The Labute approximate surface area is 501 Å². The SMILES string of the molecule is CC(C)C(C(=O)N1CCC[C@H]1C)c1cc(OC2CN(C)C2)no1.CCc1cccc2cc(O)cc(-c3ncc4c(N5CCCCCC5)nc(OC[C@]56CCCN5[C@H](COC=O)CC6)nc4c3F)c12.Cc1ncsc1-c1ccc([C@H](C)NC=O)cc1. The summed E-state index contributed by atoms with van der Waals surface area (Å²) in [6, 6.07) is 19.9. The highest BCUT2D eigenvalue weighted by molar-refractivity contribution is 7.13. The summed E-state index contributed by atoms with van der Waals surface area (Å²) in [7, 11) is 2.05. The zero-order valence-corrected chi connectivity index (χ0v) is 50.9. The van der Waals surface area contributed by atoms with E-state index in [1.807, 2.05) is 68.4 Å². The van der Waals surface area contributed by atoms with Crippen molar-refractivity contribution >= 4 is 57.6 Å². The van der Waals surface area contributed by atoms with Crippen LogP contribution in [0.4, 0.5) is 10.2 Å². The number of likely N-dealkylation sites (N-methyl/N-ethyl adjacent to an activating group) is 1. The molecule has 18 nitrogen and oxygen atoms in total. The number of carbonyl (C=O) groups excluding carboxylic acids is 3. The minimum Gasteiger partial charge on any atom is -0.508 e. The molecule has 0 aliphatic carbocycles. The number of halogens is 1. The molecule has 5 aliphatic heterocycles. The summed E-state index contributed by atoms with van der Waals surface area (Å²) in [5.74, 6) is 1.28. The number of amides is 2. The van der Waals surface area contributed by atoms with Gasteiger partial charge in [-0.2, -0.15) is 9.97 Å². The third-order valence-corrected chi connectivity index (χ3v) is 18.7. The van der Waals surface area contributed by atoms with E-state index in [9.17, 15) is 19.5 Å². The van der Waals surface area contributed by atoms with Crippen molar-refractivity contribution in [3.63, 3.8) is 0 Å². The standard InChI is InChI=1S/C35H40FN5O4.C17H27N3O3.C13H14N2OS/c1-2-23-9-7-10-24-17-26(43)18-27(29(23)24)31-30(36)32-28(19-37-31)33(40-14-5-3-4-6-15-40)39-34(38-32)45-21-35-12-8-16-41(35)25(11-13-35)20-44-22-42;1-11(2)16(17(21)20-7-5-6-12(20)3)14-8-15(18-23-14)22-13-9-19(4)10-13;1-9(14-7-16)11-3-5-12(6-4-11)13-10(2)15-8-17-13/h7,9-10,17-19,22,25,43H,2-6,8,11-16,20-21H2,1H3;8,11-13,16H,5-7,9-10H2,1-4H3;3-9H,1-2H3,(H,14,16)/t25-,35+;12-,16?;9-/m010/s1. The third-order valence-electron chi connectivity index (χ3n) is 17.7. The number of thiazole rings is 1. The van der Waals surface area contributed by atoms with Gasteiger partial charge in [-0.05, 0) is 143 Å². The third kappa shape index (κ3) is 13.6. The summed E-state index contributed by atoms with van der Waals surface area (Å²) in [6.45, 7) is 18.7. The van der Waals surface area contributed by atoms with Crippen molar-refractivity contribution < 1.29 is 42.6 Å². The average Bonchev–Trinajstić information content (AvgIpc) is 1.76. The second-order valence-electron chi connectivity index (χ2n) is 23.9. The van der Waals surface area contributed by atoms with E-state index in [0.29, 0.717) is 54.1 Å². The fourth-order valence-corrected chi connectivity index (χ4v) is 14.0. The molecule has 452 valence electrons. The predicted octanol–water partition coefficient (Wildman–Crippen LogP) is 11.2. The molecule has 3 aromatic carbocycles. The van der Waals surface area contributed by atoms with E-state index in [2.05, 4.69) is 68.2 Å². The van der Waals surface area contributed by atoms with Crippen LogP contribution in [-0.4, -0.2) is 147 Å². The lowest BCUT2D eigenvalue weighted by molar-refractivity contribution is -0.135. The monoisotopic (exact) mass is 1180 g/mol. The van der Waals surface area contributed by atoms with Crippen molar-refractivity contribution in [1.29, 1.82) is 0 Å². The van der Waals surface area contributed by atoms with Crippen molar-refractivity contribution in [3.8, 4) is 39.3 Å². The van der Waals surface area contributed by atoms with Crippen molar-refractivity contribution in [2.45, 2.75) is 148 Å². The largest absolute Gasteiger partial charge is 0.508 e. The number of carbonyl (C=O) groups is 3. The lowest BCUT2D eigenvalue weighted by Crippen LogP contribution is -2.51. The van der Waals surface area contributed by atoms with E-state index in [1.54, 1.807) is 35.7 Å². The number of nitrogens with zero attached hydrogens (tertiary/aromatic N) is 9. The molecule has 4 aromatic heterocycles. The maximum Gasteiger partial charge on any atom is 0.319 e. The van der Waals surface area contributed by atoms with Gasteiger partial charge in [0.05, 0.1) is 33.0 Å². The van der Waals surface area contributed by atoms with Gasteiger partial charge in [-0.3, -0.25) is 29.2 Å². The smallest absolute Gasteiger partial charge is 0.319 e. The number of fused-ring (bicyclic) bond motifs is 3. The molecule has 5 fully saturated rings. The zero-order valence-electron chi connectivity index (χ0n) is 50.1. The molecule has 0 radical (unpaired) electrons. The van der Waals surface area contributed by atoms with Crippen molar-refractivity contribution in [1.82, 2.24) is 45.1 Å². The van der Waals surface area contributed by atoms with Crippen LogP contribution >= 0.6 is 11.3 Å². The van der Waals surface area contributed by atoms with Crippen molar-refractivity contribution in [2.24, 2.45) is 5.92 Å². The Hall–Kier alpha value is -7.29. The quantitative estimate of drug-likeness (QED) is 0.0768. The molecule has 5 atom stereocenters. The number of hydrogen-bond acceptors (Lipinski definition) is 17. The molecule has 85 heavy (non-hydrogen) atoms. The van der Waals surface area contributed by atoms with Gasteiger partial charge in [-0.1, -0.05) is 76.1 Å². The average molecular weight is 1180 g/mol. The first-order valence-corrected chi connectivity index (χ1v) is 31.2. The van der Waals surface area contributed by atoms with E-state index in [1.165, 1.54) is 10.4 Å². The number of hydrogen-bond donors (Lipinski definition) is 2. The molecule has 12 rings (SSSR count). The van der Waals surface area contributed by atoms with Gasteiger partial charge in [-0.25, -0.2) is 9.37 Å². The zero-order chi connectivity index (χ0) is 59.8. The number of pyridine rings is 1. The van der Waals surface area contributed by atoms with Gasteiger partial charge in [0.25, 0.3) is 12.4 Å². The highest BCUT2D eigenvalue weighted by atomic mass is 32.1. The van der Waals surface area contributed by atoms with Crippen LogP contribution in [0, 0.1) is 18.7 Å². The summed E-state index contributed by atoms with van der Waals surface area (Å²) in [5, 5.41) is 19.6. The number of rotatable bonds is 18. The summed E-state index contributed by atoms with van der Waals surface area (Å²) >= 11 is 1.64. The van der Waals surface area contributed by atoms with Gasteiger partial charge in [0.2, 0.25) is 12.3 Å². The fourth-order valence-electron chi connectivity index (χ4n) is 13.1. The molecule has 5 saturated heterocycles. The van der Waals surface area contributed by atoms with Gasteiger partial charge >= 0.3 is 6.01 Å². The van der Waals surface area contributed by atoms with E-state index in [-0.39, 0.29) is 64.4 Å². The van der Waals surface area contributed by atoms with E-state index < -0.39 is 5.82 Å². The normalized spacial score (nSPS) is 20.6. The van der Waals surface area contributed by atoms with Gasteiger partial charge in [0, 0.05) is 62.6 Å². The molecule has 2 amide bonds. The molecule has 0 spiro atoms. The number of phenols is 1. The second-order valence-corrected chi connectivity index (χ2v) is 24.7. The van der Waals surface area contributed by atoms with Crippen LogP contribution < -0.4 is 19.7 Å². The number of anilines is 1. The lowest BCUT2D eigenvalue weighted by atomic mass is 9.91. The number of nitrogens with one attached hydrogen (secondary N) is 1. The maximum atomic E-state index is 16.8. The van der Waals surface area contributed by atoms with E-state index >= 15 is 4.39 Å². The molecule has 9 heterocycles. The molecule has 7 aromatic rings. The summed E-state index contributed by atoms with van der Waals surface area (Å²) < 4.78 is 39.6. The first kappa shape index (κ1) is 60.8. The number of likely N-dealkylation sites (tertiary alicyclic amines) is 2. The highest BCUT2D eigenvalue weighted by Crippen LogP contribution is 2.44. The van der Waals surface area contributed by atoms with Crippen LogP contribution in [-0.2, 0) is 25.5 Å². The summed E-state index contributed by atoms with van der Waals surface area (Å²) in [4.78, 5) is 62.6. The Morgan fingerprint density at radius 3 is 2.42 bits per heavy atom. The number of aromatic hydroxyl groups is 1. The predicted molar refractivity (Wildman–Crippen MR) is 327 cm³/mol.